The number of carbonyl (C=O) groups excluding carboxylic acids is 1. The zero-order chi connectivity index (χ0) is 33.3. The van der Waals surface area contributed by atoms with Crippen molar-refractivity contribution in [2.75, 3.05) is 6.54 Å². The average Bonchev–Trinajstić information content (AvgIpc) is 3.52. The number of hydrogen-bond acceptors (Lipinski definition) is 5. The van der Waals surface area contributed by atoms with E-state index >= 15 is 0 Å². The molecule has 1 heterocycles. The third-order valence-electron chi connectivity index (χ3n) is 8.02. The lowest BCUT2D eigenvalue weighted by Crippen LogP contribution is -2.26. The van der Waals surface area contributed by atoms with E-state index in [1.165, 1.54) is 10.4 Å². The summed E-state index contributed by atoms with van der Waals surface area (Å²) < 4.78 is 6.83. The van der Waals surface area contributed by atoms with E-state index in [0.29, 0.717) is 21.9 Å². The number of nitriles is 1. The van der Waals surface area contributed by atoms with Gasteiger partial charge in [0.2, 0.25) is 0 Å². The van der Waals surface area contributed by atoms with Gasteiger partial charge in [0, 0.05) is 33.5 Å². The third kappa shape index (κ3) is 8.48. The number of benzene rings is 4. The topological polar surface area (TPSA) is 99.4 Å². The molecule has 0 radical (unpaired) electrons. The number of thiophene rings is 1. The normalized spacial score (nSPS) is 12.1. The van der Waals surface area contributed by atoms with Crippen LogP contribution in [0.25, 0.3) is 22.3 Å². The second-order valence-electron chi connectivity index (χ2n) is 11.3. The first kappa shape index (κ1) is 33.5. The zero-order valence-electron chi connectivity index (χ0n) is 26.2. The largest absolute Gasteiger partial charge is 0.485 e. The van der Waals surface area contributed by atoms with Crippen LogP contribution < -0.4 is 10.1 Å². The number of nitrogens with zero attached hydrogens (tertiary/aromatic N) is 1. The van der Waals surface area contributed by atoms with Gasteiger partial charge >= 0.3 is 5.97 Å². The Bertz CT molecular complexity index is 1880. The molecule has 0 saturated carbocycles. The maximum Gasteiger partial charge on any atom is 0.305 e. The SMILES string of the molecule is CCC[C@H](c1ccc(C(=O)NCCC(=O)O)cc1)[C@@H](Oc1ccc(C#N)c(-c2ccc(-c3csc(C)c3)cc2)c1)c1ccc(Cl)cc1. The molecular weight excluding hydrogens is 628 g/mol. The highest BCUT2D eigenvalue weighted by atomic mass is 35.5. The summed E-state index contributed by atoms with van der Waals surface area (Å²) >= 11 is 7.99. The van der Waals surface area contributed by atoms with Gasteiger partial charge in [-0.1, -0.05) is 73.5 Å². The van der Waals surface area contributed by atoms with Gasteiger partial charge in [-0.15, -0.1) is 11.3 Å². The van der Waals surface area contributed by atoms with Crippen LogP contribution in [0.1, 0.15) is 70.1 Å². The molecule has 6 nitrogen and oxygen atoms in total. The molecule has 0 aliphatic carbocycles. The standard InChI is InChI=1S/C39H35ClN2O4S/c1-3-4-35(27-9-11-30(12-10-27)39(45)42-20-19-37(43)44)38(29-13-16-33(40)17-14-29)46-34-18-15-31(23-41)36(22-34)28-7-5-26(6-8-28)32-21-25(2)47-24-32/h5-18,21-22,24,35,38H,3-4,19-20H2,1-2H3,(H,42,45)(H,43,44)/t35-,38+/m1/s1. The van der Waals surface area contributed by atoms with Gasteiger partial charge in [0.25, 0.3) is 5.91 Å². The highest BCUT2D eigenvalue weighted by Gasteiger charge is 2.27. The van der Waals surface area contributed by atoms with Crippen LogP contribution in [-0.2, 0) is 4.79 Å². The smallest absolute Gasteiger partial charge is 0.305 e. The molecular formula is C39H35ClN2O4S. The quantitative estimate of drug-likeness (QED) is 0.131. The van der Waals surface area contributed by atoms with Crippen molar-refractivity contribution in [3.05, 3.63) is 135 Å². The van der Waals surface area contributed by atoms with Crippen LogP contribution in [-0.4, -0.2) is 23.5 Å². The first-order valence-electron chi connectivity index (χ1n) is 15.5. The predicted octanol–water partition coefficient (Wildman–Crippen LogP) is 9.82. The van der Waals surface area contributed by atoms with E-state index in [1.54, 1.807) is 29.5 Å². The molecule has 0 aliphatic heterocycles. The number of nitrogens with one attached hydrogen (secondary N) is 1. The predicted molar refractivity (Wildman–Crippen MR) is 188 cm³/mol. The van der Waals surface area contributed by atoms with E-state index < -0.39 is 12.1 Å². The number of hydrogen-bond donors (Lipinski definition) is 2. The Morgan fingerprint density at radius 3 is 2.21 bits per heavy atom. The van der Waals surface area contributed by atoms with Gasteiger partial charge in [-0.25, -0.2) is 0 Å². The molecule has 1 amide bonds. The van der Waals surface area contributed by atoms with Crippen LogP contribution in [0.3, 0.4) is 0 Å². The summed E-state index contributed by atoms with van der Waals surface area (Å²) in [7, 11) is 0. The molecule has 5 rings (SSSR count). The number of rotatable bonds is 13. The number of amides is 1. The molecule has 0 spiro atoms. The van der Waals surface area contributed by atoms with Gasteiger partial charge in [0.1, 0.15) is 11.9 Å². The highest BCUT2D eigenvalue weighted by Crippen LogP contribution is 2.40. The summed E-state index contributed by atoms with van der Waals surface area (Å²) in [6.45, 7) is 4.28. The maximum atomic E-state index is 12.6. The number of ether oxygens (including phenoxy) is 1. The number of carbonyl (C=O) groups is 2. The number of halogens is 1. The zero-order valence-corrected chi connectivity index (χ0v) is 27.8. The Kier molecular flexibility index (Phi) is 11.1. The summed E-state index contributed by atoms with van der Waals surface area (Å²) in [6.07, 6.45) is 1.17. The van der Waals surface area contributed by atoms with Gasteiger partial charge in [-0.3, -0.25) is 9.59 Å². The number of aliphatic carboxylic acids is 1. The van der Waals surface area contributed by atoms with E-state index in [1.807, 2.05) is 60.7 Å². The Hall–Kier alpha value is -4.90. The van der Waals surface area contributed by atoms with Crippen molar-refractivity contribution in [3.63, 3.8) is 0 Å². The minimum absolute atomic E-state index is 0.0614. The van der Waals surface area contributed by atoms with Crippen LogP contribution in [0.15, 0.2) is 102 Å². The molecule has 47 heavy (non-hydrogen) atoms. The van der Waals surface area contributed by atoms with Crippen LogP contribution in [0.2, 0.25) is 5.02 Å². The lowest BCUT2D eigenvalue weighted by atomic mass is 9.85. The molecule has 4 aromatic carbocycles. The van der Waals surface area contributed by atoms with Crippen molar-refractivity contribution in [1.29, 1.82) is 5.26 Å². The lowest BCUT2D eigenvalue weighted by Gasteiger charge is -2.29. The van der Waals surface area contributed by atoms with E-state index in [0.717, 1.165) is 40.7 Å². The highest BCUT2D eigenvalue weighted by molar-refractivity contribution is 7.10. The summed E-state index contributed by atoms with van der Waals surface area (Å²) in [5.41, 5.74) is 6.98. The molecule has 8 heteroatoms. The minimum Gasteiger partial charge on any atom is -0.485 e. The van der Waals surface area contributed by atoms with Crippen LogP contribution >= 0.6 is 22.9 Å². The molecule has 0 unspecified atom stereocenters. The van der Waals surface area contributed by atoms with E-state index in [2.05, 4.69) is 48.8 Å². The molecule has 0 aliphatic rings. The van der Waals surface area contributed by atoms with Crippen LogP contribution in [0.5, 0.6) is 5.75 Å². The molecule has 2 N–H and O–H groups in total. The van der Waals surface area contributed by atoms with Gasteiger partial charge in [0.15, 0.2) is 0 Å². The summed E-state index contributed by atoms with van der Waals surface area (Å²) in [5.74, 6) is -0.726. The molecule has 1 aromatic heterocycles. The second kappa shape index (κ2) is 15.6. The van der Waals surface area contributed by atoms with E-state index in [4.69, 9.17) is 21.4 Å². The number of carboxylic acid groups (broad SMARTS) is 1. The van der Waals surface area contributed by atoms with E-state index in [9.17, 15) is 14.9 Å². The fourth-order valence-corrected chi connectivity index (χ4v) is 6.46. The average molecular weight is 663 g/mol. The first-order valence-corrected chi connectivity index (χ1v) is 16.7. The summed E-state index contributed by atoms with van der Waals surface area (Å²) in [5, 5.41) is 24.3. The fourth-order valence-electron chi connectivity index (χ4n) is 5.62. The third-order valence-corrected chi connectivity index (χ3v) is 9.14. The Balaban J connectivity index is 1.46. The lowest BCUT2D eigenvalue weighted by molar-refractivity contribution is -0.136. The fraction of sp³-hybridized carbons (Fsp3) is 0.205. The Morgan fingerprint density at radius 1 is 0.915 bits per heavy atom. The Labute approximate surface area is 284 Å². The molecule has 0 saturated heterocycles. The Morgan fingerprint density at radius 2 is 1.60 bits per heavy atom. The molecule has 238 valence electrons. The summed E-state index contributed by atoms with van der Waals surface area (Å²) in [4.78, 5) is 24.7. The van der Waals surface area contributed by atoms with Crippen molar-refractivity contribution >= 4 is 34.8 Å². The van der Waals surface area contributed by atoms with Crippen molar-refractivity contribution in [2.24, 2.45) is 0 Å². The number of carboxylic acids is 1. The van der Waals surface area contributed by atoms with Crippen LogP contribution in [0.4, 0.5) is 0 Å². The maximum absolute atomic E-state index is 12.6. The molecule has 5 aromatic rings. The first-order chi connectivity index (χ1) is 22.7. The minimum atomic E-state index is -0.965. The molecule has 2 atom stereocenters. The van der Waals surface area contributed by atoms with Crippen molar-refractivity contribution in [1.82, 2.24) is 5.32 Å². The number of aryl methyl sites for hydroxylation is 1. The van der Waals surface area contributed by atoms with Crippen molar-refractivity contribution < 1.29 is 19.4 Å². The second-order valence-corrected chi connectivity index (χ2v) is 12.9. The van der Waals surface area contributed by atoms with Crippen LogP contribution in [0, 0.1) is 18.3 Å². The van der Waals surface area contributed by atoms with Gasteiger partial charge in [-0.05, 0) is 95.1 Å². The van der Waals surface area contributed by atoms with E-state index in [-0.39, 0.29) is 24.8 Å². The summed E-state index contributed by atoms with van der Waals surface area (Å²) in [6, 6.07) is 33.3. The molecule has 0 bridgehead atoms. The van der Waals surface area contributed by atoms with Gasteiger partial charge < -0.3 is 15.2 Å². The van der Waals surface area contributed by atoms with Crippen molar-refractivity contribution in [3.8, 4) is 34.1 Å². The van der Waals surface area contributed by atoms with Crippen molar-refractivity contribution in [2.45, 2.75) is 45.1 Å². The molecule has 0 fully saturated rings. The van der Waals surface area contributed by atoms with Gasteiger partial charge in [0.05, 0.1) is 18.1 Å². The monoisotopic (exact) mass is 662 g/mol. The van der Waals surface area contributed by atoms with Gasteiger partial charge in [-0.2, -0.15) is 5.26 Å².